The van der Waals surface area contributed by atoms with Crippen molar-refractivity contribution in [2.45, 2.75) is 31.8 Å². The van der Waals surface area contributed by atoms with E-state index in [1.165, 1.54) is 0 Å². The smallest absolute Gasteiger partial charge is 0.178 e. The van der Waals surface area contributed by atoms with Gasteiger partial charge in [0.2, 0.25) is 0 Å². The average molecular weight is 241 g/mol. The number of carbonyl (C=O) groups is 1. The summed E-state index contributed by atoms with van der Waals surface area (Å²) >= 11 is 5.49. The Morgan fingerprint density at radius 2 is 2.00 bits per heavy atom. The minimum Gasteiger partial charge on any atom is -0.382 e. The van der Waals surface area contributed by atoms with Gasteiger partial charge in [-0.15, -0.1) is 11.6 Å². The van der Waals surface area contributed by atoms with Gasteiger partial charge in [0.05, 0.1) is 5.88 Å². The van der Waals surface area contributed by atoms with Crippen LogP contribution >= 0.6 is 11.6 Å². The van der Waals surface area contributed by atoms with Crippen molar-refractivity contribution in [1.82, 2.24) is 0 Å². The molecule has 0 fully saturated rings. The molecule has 0 amide bonds. The molecule has 0 saturated heterocycles. The monoisotopic (exact) mass is 240 g/mol. The normalized spacial score (nSPS) is 14.4. The first-order valence-corrected chi connectivity index (χ1v) is 6.01. The topological polar surface area (TPSA) is 37.3 Å². The molecule has 0 aliphatic carbocycles. The van der Waals surface area contributed by atoms with Crippen molar-refractivity contribution in [2.75, 3.05) is 5.88 Å². The van der Waals surface area contributed by atoms with Crippen LogP contribution in [-0.4, -0.2) is 22.4 Å². The first-order valence-electron chi connectivity index (χ1n) is 5.48. The van der Waals surface area contributed by atoms with Crippen molar-refractivity contribution < 1.29 is 9.90 Å². The molecule has 0 aliphatic heterocycles. The maximum atomic E-state index is 11.5. The molecule has 1 aromatic rings. The van der Waals surface area contributed by atoms with E-state index in [1.807, 2.05) is 30.3 Å². The van der Waals surface area contributed by atoms with Crippen LogP contribution in [0.5, 0.6) is 0 Å². The summed E-state index contributed by atoms with van der Waals surface area (Å²) in [5.74, 6) is -0.410. The second kappa shape index (κ2) is 6.02. The Morgan fingerprint density at radius 1 is 1.38 bits per heavy atom. The van der Waals surface area contributed by atoms with Gasteiger partial charge in [0.25, 0.3) is 0 Å². The van der Waals surface area contributed by atoms with Gasteiger partial charge in [-0.2, -0.15) is 0 Å². The molecule has 0 aliphatic rings. The van der Waals surface area contributed by atoms with Crippen molar-refractivity contribution in [3.63, 3.8) is 0 Å². The minimum atomic E-state index is -1.27. The average Bonchev–Trinajstić information content (AvgIpc) is 2.36. The molecular formula is C13H17ClO2. The van der Waals surface area contributed by atoms with Crippen LogP contribution in [0.15, 0.2) is 30.3 Å². The molecule has 1 rings (SSSR count). The summed E-state index contributed by atoms with van der Waals surface area (Å²) in [6.45, 7) is 1.80. The number of rotatable bonds is 6. The molecule has 1 N–H and O–H groups in total. The molecule has 1 aromatic carbocycles. The number of ketones is 1. The molecule has 0 radical (unpaired) electrons. The van der Waals surface area contributed by atoms with Crippen LogP contribution in [0.1, 0.15) is 25.3 Å². The number of hydrogen-bond donors (Lipinski definition) is 1. The van der Waals surface area contributed by atoms with Gasteiger partial charge >= 0.3 is 0 Å². The van der Waals surface area contributed by atoms with Crippen molar-refractivity contribution >= 4 is 17.4 Å². The molecule has 0 heterocycles. The molecule has 1 unspecified atom stereocenters. The fourth-order valence-electron chi connectivity index (χ4n) is 1.63. The highest BCUT2D eigenvalue weighted by Crippen LogP contribution is 2.20. The third-order valence-electron chi connectivity index (χ3n) is 2.90. The standard InChI is InChI=1S/C13H17ClO2/c1-2-13(16,12(15)10-14)9-8-11-6-4-3-5-7-11/h3-7,16H,2,8-10H2,1H3. The van der Waals surface area contributed by atoms with Crippen LogP contribution in [0.25, 0.3) is 0 Å². The predicted octanol–water partition coefficient (Wildman–Crippen LogP) is 2.57. The molecule has 2 nitrogen and oxygen atoms in total. The summed E-state index contributed by atoms with van der Waals surface area (Å²) in [7, 11) is 0. The molecule has 0 saturated carbocycles. The van der Waals surface area contributed by atoms with Gasteiger partial charge < -0.3 is 5.11 Å². The van der Waals surface area contributed by atoms with E-state index >= 15 is 0 Å². The largest absolute Gasteiger partial charge is 0.382 e. The number of alkyl halides is 1. The van der Waals surface area contributed by atoms with E-state index in [0.29, 0.717) is 19.3 Å². The molecular weight excluding hydrogens is 224 g/mol. The van der Waals surface area contributed by atoms with E-state index in [4.69, 9.17) is 11.6 Å². The van der Waals surface area contributed by atoms with Crippen LogP contribution in [0.2, 0.25) is 0 Å². The van der Waals surface area contributed by atoms with Gasteiger partial charge in [0.1, 0.15) is 5.60 Å². The summed E-state index contributed by atoms with van der Waals surface area (Å²) in [6, 6.07) is 9.81. The lowest BCUT2D eigenvalue weighted by Crippen LogP contribution is -2.39. The van der Waals surface area contributed by atoms with Crippen LogP contribution in [-0.2, 0) is 11.2 Å². The highest BCUT2D eigenvalue weighted by molar-refractivity contribution is 6.28. The van der Waals surface area contributed by atoms with Crippen molar-refractivity contribution in [3.8, 4) is 0 Å². The zero-order valence-corrected chi connectivity index (χ0v) is 10.2. The van der Waals surface area contributed by atoms with Gasteiger partial charge in [-0.3, -0.25) is 4.79 Å². The minimum absolute atomic E-state index is 0.126. The first kappa shape index (κ1) is 13.2. The Hall–Kier alpha value is -0.860. The van der Waals surface area contributed by atoms with E-state index in [-0.39, 0.29) is 11.7 Å². The number of aliphatic hydroxyl groups is 1. The van der Waals surface area contributed by atoms with Crippen molar-refractivity contribution in [1.29, 1.82) is 0 Å². The Labute approximate surface area is 101 Å². The van der Waals surface area contributed by atoms with Gasteiger partial charge in [-0.25, -0.2) is 0 Å². The Bertz CT molecular complexity index is 337. The van der Waals surface area contributed by atoms with Crippen LogP contribution in [0.3, 0.4) is 0 Å². The quantitative estimate of drug-likeness (QED) is 0.776. The summed E-state index contributed by atoms with van der Waals surface area (Å²) < 4.78 is 0. The van der Waals surface area contributed by atoms with Crippen molar-refractivity contribution in [3.05, 3.63) is 35.9 Å². The van der Waals surface area contributed by atoms with Gasteiger partial charge in [0, 0.05) is 0 Å². The second-order valence-electron chi connectivity index (χ2n) is 3.93. The highest BCUT2D eigenvalue weighted by Gasteiger charge is 2.32. The Kier molecular flexibility index (Phi) is 4.97. The lowest BCUT2D eigenvalue weighted by Gasteiger charge is -2.24. The van der Waals surface area contributed by atoms with Crippen molar-refractivity contribution in [2.24, 2.45) is 0 Å². The van der Waals surface area contributed by atoms with Crippen LogP contribution in [0.4, 0.5) is 0 Å². The van der Waals surface area contributed by atoms with Crippen LogP contribution < -0.4 is 0 Å². The molecule has 0 bridgehead atoms. The molecule has 88 valence electrons. The molecule has 16 heavy (non-hydrogen) atoms. The number of benzene rings is 1. The zero-order valence-electron chi connectivity index (χ0n) is 9.45. The number of aryl methyl sites for hydroxylation is 1. The fraction of sp³-hybridized carbons (Fsp3) is 0.462. The number of carbonyl (C=O) groups excluding carboxylic acids is 1. The summed E-state index contributed by atoms with van der Waals surface area (Å²) in [6.07, 6.45) is 1.53. The van der Waals surface area contributed by atoms with Gasteiger partial charge in [-0.1, -0.05) is 37.3 Å². The van der Waals surface area contributed by atoms with Gasteiger partial charge in [0.15, 0.2) is 5.78 Å². The molecule has 0 spiro atoms. The predicted molar refractivity (Wildman–Crippen MR) is 65.7 cm³/mol. The second-order valence-corrected chi connectivity index (χ2v) is 4.19. The number of Topliss-reactive ketones (excluding diaryl/α,β-unsaturated/α-hetero) is 1. The van der Waals surface area contributed by atoms with E-state index in [9.17, 15) is 9.90 Å². The Morgan fingerprint density at radius 3 is 2.50 bits per heavy atom. The van der Waals surface area contributed by atoms with E-state index in [0.717, 1.165) is 5.56 Å². The fourth-order valence-corrected chi connectivity index (χ4v) is 1.88. The summed E-state index contributed by atoms with van der Waals surface area (Å²) in [5, 5.41) is 10.1. The zero-order chi connectivity index (χ0) is 12.0. The molecule has 1 atom stereocenters. The van der Waals surface area contributed by atoms with E-state index in [1.54, 1.807) is 6.92 Å². The molecule has 3 heteroatoms. The SMILES string of the molecule is CCC(O)(CCc1ccccc1)C(=O)CCl. The Balaban J connectivity index is 2.62. The number of halogens is 1. The summed E-state index contributed by atoms with van der Waals surface area (Å²) in [5.41, 5.74) is -0.144. The summed E-state index contributed by atoms with van der Waals surface area (Å²) in [4.78, 5) is 11.5. The number of hydrogen-bond acceptors (Lipinski definition) is 2. The third-order valence-corrected chi connectivity index (χ3v) is 3.14. The van der Waals surface area contributed by atoms with Gasteiger partial charge in [-0.05, 0) is 24.8 Å². The van der Waals surface area contributed by atoms with Crippen LogP contribution in [0, 0.1) is 0 Å². The maximum absolute atomic E-state index is 11.5. The van der Waals surface area contributed by atoms with E-state index in [2.05, 4.69) is 0 Å². The first-order chi connectivity index (χ1) is 7.62. The molecule has 0 aromatic heterocycles. The maximum Gasteiger partial charge on any atom is 0.178 e. The van der Waals surface area contributed by atoms with E-state index < -0.39 is 5.60 Å². The third kappa shape index (κ3) is 3.32. The lowest BCUT2D eigenvalue weighted by atomic mass is 9.89. The highest BCUT2D eigenvalue weighted by atomic mass is 35.5. The lowest BCUT2D eigenvalue weighted by molar-refractivity contribution is -0.135.